The number of carbonyl (C=O) groups excluding carboxylic acids is 3. The molecule has 2 aromatic heterocycles. The third-order valence-electron chi connectivity index (χ3n) is 7.57. The van der Waals surface area contributed by atoms with Crippen LogP contribution in [-0.2, 0) is 14.3 Å². The number of anilines is 1. The number of imide groups is 1. The summed E-state index contributed by atoms with van der Waals surface area (Å²) in [6.07, 6.45) is -1.93. The number of aromatic nitrogens is 4. The number of hydrogen-bond donors (Lipinski definition) is 4. The Labute approximate surface area is 294 Å². The minimum Gasteiger partial charge on any atom is -0.480 e. The quantitative estimate of drug-likeness (QED) is 0.170. The highest BCUT2D eigenvalue weighted by molar-refractivity contribution is 9.11. The van der Waals surface area contributed by atoms with Crippen LogP contribution in [0.2, 0.25) is 0 Å². The van der Waals surface area contributed by atoms with Crippen molar-refractivity contribution in [1.82, 2.24) is 24.8 Å². The van der Waals surface area contributed by atoms with Gasteiger partial charge in [-0.3, -0.25) is 14.2 Å². The van der Waals surface area contributed by atoms with Crippen LogP contribution in [0.3, 0.4) is 0 Å². The van der Waals surface area contributed by atoms with Gasteiger partial charge >= 0.3 is 12.1 Å². The predicted molar refractivity (Wildman–Crippen MR) is 182 cm³/mol. The maximum atomic E-state index is 13.8. The summed E-state index contributed by atoms with van der Waals surface area (Å²) in [5.74, 6) is -2.66. The molecule has 4 N–H and O–H groups in total. The van der Waals surface area contributed by atoms with Crippen LogP contribution in [0.5, 0.6) is 0 Å². The summed E-state index contributed by atoms with van der Waals surface area (Å²) >= 11 is 3.37. The number of benzene rings is 2. The highest BCUT2D eigenvalue weighted by Gasteiger charge is 2.45. The second-order valence-electron chi connectivity index (χ2n) is 12.3. The number of aliphatic carboxylic acids is 1. The van der Waals surface area contributed by atoms with Crippen molar-refractivity contribution in [2.45, 2.75) is 69.8 Å². The van der Waals surface area contributed by atoms with Crippen molar-refractivity contribution >= 4 is 56.8 Å². The van der Waals surface area contributed by atoms with Gasteiger partial charge in [0.25, 0.3) is 11.8 Å². The summed E-state index contributed by atoms with van der Waals surface area (Å²) in [5, 5.41) is 33.9. The summed E-state index contributed by atoms with van der Waals surface area (Å²) < 4.78 is 12.9. The summed E-state index contributed by atoms with van der Waals surface area (Å²) in [6.45, 7) is 4.97. The van der Waals surface area contributed by atoms with E-state index in [2.05, 4.69) is 36.2 Å². The second kappa shape index (κ2) is 15.2. The van der Waals surface area contributed by atoms with Gasteiger partial charge in [-0.2, -0.15) is 0 Å². The molecule has 1 fully saturated rings. The molecular formula is C34H35BrN6O9. The van der Waals surface area contributed by atoms with E-state index in [9.17, 15) is 34.5 Å². The number of rotatable bonds is 10. The molecule has 1 unspecified atom stereocenters. The van der Waals surface area contributed by atoms with E-state index in [1.54, 1.807) is 87.5 Å². The van der Waals surface area contributed by atoms with E-state index >= 15 is 0 Å². The Balaban J connectivity index is 1.38. The van der Waals surface area contributed by atoms with E-state index in [1.165, 1.54) is 10.9 Å². The zero-order chi connectivity index (χ0) is 36.2. The van der Waals surface area contributed by atoms with Crippen molar-refractivity contribution in [3.63, 3.8) is 0 Å². The molecule has 0 radical (unpaired) electrons. The number of nitrogens with zero attached hydrogens (tertiary/aromatic N) is 5. The molecule has 15 nitrogen and oxygen atoms in total. The first-order valence-corrected chi connectivity index (χ1v) is 16.3. The highest BCUT2D eigenvalue weighted by atomic mass is 79.9. The van der Waals surface area contributed by atoms with Crippen LogP contribution in [0.15, 0.2) is 83.9 Å². The first-order valence-electron chi connectivity index (χ1n) is 15.5. The minimum absolute atomic E-state index is 0.00969. The van der Waals surface area contributed by atoms with Crippen LogP contribution in [0.4, 0.5) is 10.6 Å². The SMILES string of the molecule is CC(C)(C)OC(=O)NC(CC/C=C(\Br)[C@H]1O[C@@H](n2cnc3c(N(C(=O)c4ccccc4)C(=O)c4ccccc4)ncnc32)[C@H](O)[C@@H]1O)C(=O)O. The Morgan fingerprint density at radius 2 is 1.58 bits per heavy atom. The van der Waals surface area contributed by atoms with E-state index in [0.29, 0.717) is 4.48 Å². The number of allylic oxidation sites excluding steroid dienone is 1. The van der Waals surface area contributed by atoms with Crippen LogP contribution < -0.4 is 10.2 Å². The van der Waals surface area contributed by atoms with Gasteiger partial charge in [0.05, 0.1) is 6.33 Å². The number of aliphatic hydroxyl groups is 2. The van der Waals surface area contributed by atoms with Crippen LogP contribution in [0.1, 0.15) is 60.6 Å². The van der Waals surface area contributed by atoms with Gasteiger partial charge in [-0.15, -0.1) is 0 Å². The third kappa shape index (κ3) is 8.05. The molecule has 16 heteroatoms. The number of amides is 3. The molecule has 2 aromatic carbocycles. The lowest BCUT2D eigenvalue weighted by Gasteiger charge is -2.22. The number of carboxylic acid groups (broad SMARTS) is 1. The van der Waals surface area contributed by atoms with E-state index < -0.39 is 60.1 Å². The lowest BCUT2D eigenvalue weighted by Crippen LogP contribution is -2.43. The maximum Gasteiger partial charge on any atom is 0.408 e. The van der Waals surface area contributed by atoms with Crippen LogP contribution in [0.25, 0.3) is 11.2 Å². The van der Waals surface area contributed by atoms with Gasteiger partial charge in [0.1, 0.15) is 36.3 Å². The van der Waals surface area contributed by atoms with Gasteiger partial charge in [-0.1, -0.05) is 58.4 Å². The number of fused-ring (bicyclic) bond motifs is 1. The van der Waals surface area contributed by atoms with Crippen LogP contribution in [0, 0.1) is 0 Å². The Morgan fingerprint density at radius 1 is 0.980 bits per heavy atom. The van der Waals surface area contributed by atoms with Gasteiger partial charge in [-0.05, 0) is 57.9 Å². The summed E-state index contributed by atoms with van der Waals surface area (Å²) in [7, 11) is 0. The number of halogens is 1. The zero-order valence-corrected chi connectivity index (χ0v) is 28.8. The molecule has 1 aliphatic heterocycles. The van der Waals surface area contributed by atoms with Gasteiger partial charge in [0, 0.05) is 15.6 Å². The van der Waals surface area contributed by atoms with E-state index in [0.717, 1.165) is 11.2 Å². The van der Waals surface area contributed by atoms with Crippen molar-refractivity contribution in [2.24, 2.45) is 0 Å². The van der Waals surface area contributed by atoms with Crippen LogP contribution >= 0.6 is 15.9 Å². The number of carbonyl (C=O) groups is 4. The highest BCUT2D eigenvalue weighted by Crippen LogP contribution is 2.37. The third-order valence-corrected chi connectivity index (χ3v) is 8.34. The van der Waals surface area contributed by atoms with E-state index in [4.69, 9.17) is 9.47 Å². The van der Waals surface area contributed by atoms with Crippen molar-refractivity contribution in [1.29, 1.82) is 0 Å². The predicted octanol–water partition coefficient (Wildman–Crippen LogP) is 3.97. The van der Waals surface area contributed by atoms with Gasteiger partial charge in [-0.25, -0.2) is 29.4 Å². The molecule has 0 spiro atoms. The Morgan fingerprint density at radius 3 is 2.14 bits per heavy atom. The number of ether oxygens (including phenoxy) is 2. The maximum absolute atomic E-state index is 13.8. The molecule has 5 rings (SSSR count). The standard InChI is InChI=1S/C34H35BrN6O9/c1-34(2,3)50-33(48)39-22(32(46)47)16-10-15-21(35)26-24(42)25(43)31(49-26)40-18-38-23-27(40)36-17-37-28(23)41(29(44)19-11-6-4-7-12-19)30(45)20-13-8-5-9-14-20/h4-9,11-15,17-18,22,24-26,31,42-43H,10,16H2,1-3H3,(H,39,48)(H,46,47)/b21-15-/t22?,24-,25+,26+,31+/m0/s1. The van der Waals surface area contributed by atoms with Crippen molar-refractivity contribution in [3.8, 4) is 0 Å². The molecule has 262 valence electrons. The van der Waals surface area contributed by atoms with Gasteiger partial charge in [0.2, 0.25) is 0 Å². The fourth-order valence-corrected chi connectivity index (χ4v) is 5.83. The summed E-state index contributed by atoms with van der Waals surface area (Å²) in [6, 6.07) is 15.2. The molecule has 0 saturated carbocycles. The topological polar surface area (TPSA) is 206 Å². The monoisotopic (exact) mass is 750 g/mol. The molecular weight excluding hydrogens is 716 g/mol. The number of carboxylic acids is 1. The Hall–Kier alpha value is -5.03. The molecule has 3 heterocycles. The van der Waals surface area contributed by atoms with Gasteiger partial charge in [0.15, 0.2) is 23.2 Å². The van der Waals surface area contributed by atoms with Crippen molar-refractivity contribution in [2.75, 3.05) is 4.90 Å². The normalized spacial score (nSPS) is 19.9. The molecule has 4 aromatic rings. The largest absolute Gasteiger partial charge is 0.480 e. The average molecular weight is 752 g/mol. The molecule has 3 amide bonds. The first kappa shape index (κ1) is 36.3. The fraction of sp³-hybridized carbons (Fsp3) is 0.324. The van der Waals surface area contributed by atoms with Crippen molar-refractivity contribution < 1.29 is 44.0 Å². The molecule has 0 bridgehead atoms. The molecule has 5 atom stereocenters. The summed E-state index contributed by atoms with van der Waals surface area (Å²) in [4.78, 5) is 65.3. The summed E-state index contributed by atoms with van der Waals surface area (Å²) in [5.41, 5.74) is -0.181. The van der Waals surface area contributed by atoms with Crippen LogP contribution in [-0.4, -0.2) is 88.7 Å². The minimum atomic E-state index is -1.48. The van der Waals surface area contributed by atoms with Crippen molar-refractivity contribution in [3.05, 3.63) is 95.0 Å². The molecule has 50 heavy (non-hydrogen) atoms. The van der Waals surface area contributed by atoms with E-state index in [-0.39, 0.29) is 41.0 Å². The zero-order valence-electron chi connectivity index (χ0n) is 27.2. The Kier molecular flexibility index (Phi) is 11.1. The van der Waals surface area contributed by atoms with Gasteiger partial charge < -0.3 is 30.1 Å². The Bertz CT molecular complexity index is 1850. The number of aliphatic hydroxyl groups excluding tert-OH is 2. The number of nitrogens with one attached hydrogen (secondary N) is 1. The second-order valence-corrected chi connectivity index (χ2v) is 13.2. The molecule has 1 saturated heterocycles. The smallest absolute Gasteiger partial charge is 0.408 e. The lowest BCUT2D eigenvalue weighted by atomic mass is 10.1. The van der Waals surface area contributed by atoms with E-state index in [1.807, 2.05) is 0 Å². The number of alkyl carbamates (subject to hydrolysis) is 1. The molecule has 1 aliphatic rings. The lowest BCUT2D eigenvalue weighted by molar-refractivity contribution is -0.139. The molecule has 0 aliphatic carbocycles. The average Bonchev–Trinajstić information content (AvgIpc) is 3.64. The fourth-order valence-electron chi connectivity index (χ4n) is 5.22. The number of hydrogen-bond acceptors (Lipinski definition) is 11. The first-order chi connectivity index (χ1) is 23.8. The number of imidazole rings is 1.